The normalized spacial score (nSPS) is 10.5. The van der Waals surface area contributed by atoms with E-state index < -0.39 is 5.97 Å². The number of benzene rings is 1. The van der Waals surface area contributed by atoms with E-state index in [2.05, 4.69) is 20.1 Å². The molecule has 0 saturated heterocycles. The Labute approximate surface area is 131 Å². The molecule has 2 aromatic heterocycles. The fourth-order valence-corrected chi connectivity index (χ4v) is 2.19. The molecule has 7 heteroatoms. The van der Waals surface area contributed by atoms with Gasteiger partial charge in [0, 0.05) is 17.4 Å². The number of carbonyl (C=O) groups excluding carboxylic acids is 2. The van der Waals surface area contributed by atoms with Crippen molar-refractivity contribution in [1.29, 1.82) is 0 Å². The van der Waals surface area contributed by atoms with Gasteiger partial charge < -0.3 is 10.1 Å². The molecule has 0 spiro atoms. The maximum Gasteiger partial charge on any atom is 0.337 e. The van der Waals surface area contributed by atoms with Gasteiger partial charge >= 0.3 is 5.97 Å². The Morgan fingerprint density at radius 3 is 2.61 bits per heavy atom. The van der Waals surface area contributed by atoms with E-state index in [0.717, 1.165) is 5.69 Å². The molecule has 0 aliphatic heterocycles. The summed E-state index contributed by atoms with van der Waals surface area (Å²) < 4.78 is 6.28. The number of hydrogen-bond acceptors (Lipinski definition) is 5. The maximum absolute atomic E-state index is 12.3. The number of rotatable bonds is 3. The van der Waals surface area contributed by atoms with Crippen LogP contribution in [0.25, 0.3) is 5.65 Å². The summed E-state index contributed by atoms with van der Waals surface area (Å²) >= 11 is 0. The van der Waals surface area contributed by atoms with Crippen molar-refractivity contribution < 1.29 is 14.3 Å². The number of nitrogens with zero attached hydrogens (tertiary/aromatic N) is 3. The number of ether oxygens (including phenoxy) is 1. The minimum absolute atomic E-state index is 0.299. The van der Waals surface area contributed by atoms with Crippen molar-refractivity contribution in [2.24, 2.45) is 0 Å². The first kappa shape index (κ1) is 14.7. The Morgan fingerprint density at radius 1 is 1.17 bits per heavy atom. The highest BCUT2D eigenvalue weighted by atomic mass is 16.5. The van der Waals surface area contributed by atoms with Crippen LogP contribution in [-0.2, 0) is 4.74 Å². The highest BCUT2D eigenvalue weighted by molar-refractivity contribution is 6.03. The molecule has 1 amide bonds. The molecule has 0 atom stereocenters. The molecule has 2 heterocycles. The van der Waals surface area contributed by atoms with Crippen LogP contribution >= 0.6 is 0 Å². The Bertz CT molecular complexity index is 884. The van der Waals surface area contributed by atoms with E-state index >= 15 is 0 Å². The van der Waals surface area contributed by atoms with E-state index in [1.165, 1.54) is 7.11 Å². The topological polar surface area (TPSA) is 85.6 Å². The zero-order valence-corrected chi connectivity index (χ0v) is 12.6. The Balaban J connectivity index is 1.81. The second-order valence-electron chi connectivity index (χ2n) is 4.91. The summed E-state index contributed by atoms with van der Waals surface area (Å²) in [4.78, 5) is 28.0. The van der Waals surface area contributed by atoms with Gasteiger partial charge in [-0.15, -0.1) is 0 Å². The van der Waals surface area contributed by atoms with Crippen LogP contribution in [0.15, 0.2) is 42.6 Å². The van der Waals surface area contributed by atoms with Gasteiger partial charge in [-0.1, -0.05) is 0 Å². The summed E-state index contributed by atoms with van der Waals surface area (Å²) in [6, 6.07) is 9.83. The second kappa shape index (κ2) is 5.88. The SMILES string of the molecule is COC(=O)c1ccc(NC(=O)c2cc(C)n3nccc3n2)cc1. The molecule has 1 N–H and O–H groups in total. The van der Waals surface area contributed by atoms with Crippen LogP contribution in [-0.4, -0.2) is 33.6 Å². The van der Waals surface area contributed by atoms with Crippen molar-refractivity contribution in [3.05, 3.63) is 59.5 Å². The van der Waals surface area contributed by atoms with E-state index in [0.29, 0.717) is 22.6 Å². The number of esters is 1. The van der Waals surface area contributed by atoms with Crippen molar-refractivity contribution in [3.8, 4) is 0 Å². The number of aryl methyl sites for hydroxylation is 1. The molecule has 0 saturated carbocycles. The first-order chi connectivity index (χ1) is 11.1. The standard InChI is InChI=1S/C16H14N4O3/c1-10-9-13(19-14-7-8-17-20(10)14)15(21)18-12-5-3-11(4-6-12)16(22)23-2/h3-9H,1-2H3,(H,18,21). The average molecular weight is 310 g/mol. The van der Waals surface area contributed by atoms with Crippen LogP contribution in [0, 0.1) is 6.92 Å². The third kappa shape index (κ3) is 2.89. The molecule has 3 rings (SSSR count). The largest absolute Gasteiger partial charge is 0.465 e. The number of anilines is 1. The molecule has 1 aromatic carbocycles. The summed E-state index contributed by atoms with van der Waals surface area (Å²) in [7, 11) is 1.32. The third-order valence-electron chi connectivity index (χ3n) is 3.33. The molecule has 7 nitrogen and oxygen atoms in total. The van der Waals surface area contributed by atoms with Crippen LogP contribution in [0.5, 0.6) is 0 Å². The van der Waals surface area contributed by atoms with Gasteiger partial charge in [0.25, 0.3) is 5.91 Å². The van der Waals surface area contributed by atoms with Gasteiger partial charge in [-0.05, 0) is 37.3 Å². The van der Waals surface area contributed by atoms with Crippen molar-refractivity contribution >= 4 is 23.2 Å². The van der Waals surface area contributed by atoms with Crippen molar-refractivity contribution in [2.45, 2.75) is 6.92 Å². The summed E-state index contributed by atoms with van der Waals surface area (Å²) in [5, 5.41) is 6.86. The minimum Gasteiger partial charge on any atom is -0.465 e. The van der Waals surface area contributed by atoms with E-state index in [1.54, 1.807) is 47.1 Å². The average Bonchev–Trinajstić information content (AvgIpc) is 3.04. The predicted molar refractivity (Wildman–Crippen MR) is 83.5 cm³/mol. The molecular formula is C16H14N4O3. The fourth-order valence-electron chi connectivity index (χ4n) is 2.19. The third-order valence-corrected chi connectivity index (χ3v) is 3.33. The van der Waals surface area contributed by atoms with Crippen LogP contribution in [0.4, 0.5) is 5.69 Å². The monoisotopic (exact) mass is 310 g/mol. The van der Waals surface area contributed by atoms with Crippen LogP contribution in [0.2, 0.25) is 0 Å². The highest BCUT2D eigenvalue weighted by Gasteiger charge is 2.12. The molecule has 0 aliphatic carbocycles. The quantitative estimate of drug-likeness (QED) is 0.749. The smallest absolute Gasteiger partial charge is 0.337 e. The zero-order valence-electron chi connectivity index (χ0n) is 12.6. The lowest BCUT2D eigenvalue weighted by Crippen LogP contribution is -2.15. The fraction of sp³-hybridized carbons (Fsp3) is 0.125. The van der Waals surface area contributed by atoms with Gasteiger partial charge in [0.05, 0.1) is 18.9 Å². The first-order valence-corrected chi connectivity index (χ1v) is 6.89. The molecule has 116 valence electrons. The van der Waals surface area contributed by atoms with Gasteiger partial charge in [0.15, 0.2) is 5.65 Å². The molecular weight excluding hydrogens is 296 g/mol. The lowest BCUT2D eigenvalue weighted by Gasteiger charge is -2.07. The van der Waals surface area contributed by atoms with Crippen LogP contribution in [0.3, 0.4) is 0 Å². The molecule has 0 bridgehead atoms. The number of fused-ring (bicyclic) bond motifs is 1. The summed E-state index contributed by atoms with van der Waals surface area (Å²) in [5.74, 6) is -0.756. The van der Waals surface area contributed by atoms with Crippen molar-refractivity contribution in [2.75, 3.05) is 12.4 Å². The van der Waals surface area contributed by atoms with E-state index in [1.807, 2.05) is 6.92 Å². The molecule has 0 radical (unpaired) electrons. The Hall–Kier alpha value is -3.22. The molecule has 3 aromatic rings. The number of hydrogen-bond donors (Lipinski definition) is 1. The number of amides is 1. The van der Waals surface area contributed by atoms with Crippen LogP contribution in [0.1, 0.15) is 26.5 Å². The van der Waals surface area contributed by atoms with Crippen molar-refractivity contribution in [1.82, 2.24) is 14.6 Å². The first-order valence-electron chi connectivity index (χ1n) is 6.89. The summed E-state index contributed by atoms with van der Waals surface area (Å²) in [6.45, 7) is 1.85. The molecule has 0 aliphatic rings. The zero-order chi connectivity index (χ0) is 16.4. The number of nitrogens with one attached hydrogen (secondary N) is 1. The van der Waals surface area contributed by atoms with Crippen LogP contribution < -0.4 is 5.32 Å². The summed E-state index contributed by atoms with van der Waals surface area (Å²) in [6.07, 6.45) is 1.63. The van der Waals surface area contributed by atoms with Gasteiger partial charge in [0.1, 0.15) is 5.69 Å². The molecule has 23 heavy (non-hydrogen) atoms. The van der Waals surface area contributed by atoms with E-state index in [9.17, 15) is 9.59 Å². The number of aromatic nitrogens is 3. The van der Waals surface area contributed by atoms with Gasteiger partial charge in [-0.25, -0.2) is 14.3 Å². The lowest BCUT2D eigenvalue weighted by atomic mass is 10.2. The maximum atomic E-state index is 12.3. The Morgan fingerprint density at radius 2 is 1.91 bits per heavy atom. The predicted octanol–water partition coefficient (Wildman–Crippen LogP) is 2.08. The number of methoxy groups -OCH3 is 1. The second-order valence-corrected chi connectivity index (χ2v) is 4.91. The van der Waals surface area contributed by atoms with E-state index in [-0.39, 0.29) is 5.91 Å². The lowest BCUT2D eigenvalue weighted by molar-refractivity contribution is 0.0600. The Kier molecular flexibility index (Phi) is 3.76. The van der Waals surface area contributed by atoms with Crippen molar-refractivity contribution in [3.63, 3.8) is 0 Å². The highest BCUT2D eigenvalue weighted by Crippen LogP contribution is 2.13. The van der Waals surface area contributed by atoms with Gasteiger partial charge in [-0.3, -0.25) is 4.79 Å². The van der Waals surface area contributed by atoms with E-state index in [4.69, 9.17) is 0 Å². The van der Waals surface area contributed by atoms with Gasteiger partial charge in [-0.2, -0.15) is 5.10 Å². The molecule has 0 unspecified atom stereocenters. The summed E-state index contributed by atoms with van der Waals surface area (Å²) in [5.41, 5.74) is 2.70. The number of carbonyl (C=O) groups is 2. The minimum atomic E-state index is -0.425. The molecule has 0 fully saturated rings. The van der Waals surface area contributed by atoms with Gasteiger partial charge in [0.2, 0.25) is 0 Å².